The highest BCUT2D eigenvalue weighted by molar-refractivity contribution is 5.23. The van der Waals surface area contributed by atoms with Gasteiger partial charge in [0.05, 0.1) is 0 Å². The van der Waals surface area contributed by atoms with E-state index in [4.69, 9.17) is 4.74 Å². The number of ether oxygens (including phenoxy) is 1. The summed E-state index contributed by atoms with van der Waals surface area (Å²) >= 11 is 0. The predicted octanol–water partition coefficient (Wildman–Crippen LogP) is 3.77. The van der Waals surface area contributed by atoms with E-state index in [1.165, 1.54) is 18.2 Å². The van der Waals surface area contributed by atoms with Crippen molar-refractivity contribution in [2.24, 2.45) is 0 Å². The van der Waals surface area contributed by atoms with Gasteiger partial charge in [-0.1, -0.05) is 30.3 Å². The standard InChI is InChI=1S/C14H12FO/c1-11(12-6-3-2-4-7-12)16-14-9-5-8-13(15)10-14/h2-8,10-11H,1H3/t11-/m1/s1. The molecule has 1 radical (unpaired) electrons. The zero-order valence-electron chi connectivity index (χ0n) is 8.98. The van der Waals surface area contributed by atoms with Crippen molar-refractivity contribution < 1.29 is 9.13 Å². The second kappa shape index (κ2) is 4.79. The van der Waals surface area contributed by atoms with Crippen LogP contribution in [0.5, 0.6) is 5.75 Å². The highest BCUT2D eigenvalue weighted by atomic mass is 19.1. The van der Waals surface area contributed by atoms with Crippen LogP contribution < -0.4 is 4.74 Å². The van der Waals surface area contributed by atoms with E-state index in [2.05, 4.69) is 6.07 Å². The van der Waals surface area contributed by atoms with Crippen LogP contribution in [0.25, 0.3) is 0 Å². The van der Waals surface area contributed by atoms with Crippen molar-refractivity contribution in [2.75, 3.05) is 0 Å². The summed E-state index contributed by atoms with van der Waals surface area (Å²) in [7, 11) is 0. The van der Waals surface area contributed by atoms with Gasteiger partial charge in [0.1, 0.15) is 17.7 Å². The molecule has 0 aliphatic rings. The van der Waals surface area contributed by atoms with Crippen LogP contribution in [-0.2, 0) is 0 Å². The monoisotopic (exact) mass is 215 g/mol. The lowest BCUT2D eigenvalue weighted by molar-refractivity contribution is 0.225. The first-order chi connectivity index (χ1) is 7.75. The lowest BCUT2D eigenvalue weighted by Crippen LogP contribution is -2.02. The van der Waals surface area contributed by atoms with Gasteiger partial charge in [0, 0.05) is 12.1 Å². The number of rotatable bonds is 3. The fourth-order valence-electron chi connectivity index (χ4n) is 1.47. The Labute approximate surface area is 94.5 Å². The van der Waals surface area contributed by atoms with Gasteiger partial charge in [-0.3, -0.25) is 0 Å². The molecule has 0 aliphatic heterocycles. The van der Waals surface area contributed by atoms with Crippen molar-refractivity contribution in [1.29, 1.82) is 0 Å². The zero-order valence-corrected chi connectivity index (χ0v) is 8.98. The minimum Gasteiger partial charge on any atom is -0.485 e. The molecule has 2 aromatic carbocycles. The van der Waals surface area contributed by atoms with Gasteiger partial charge in [0.25, 0.3) is 0 Å². The smallest absolute Gasteiger partial charge is 0.131 e. The summed E-state index contributed by atoms with van der Waals surface area (Å²) in [6.07, 6.45) is -0.112. The Kier molecular flexibility index (Phi) is 3.20. The molecule has 0 bridgehead atoms. The molecule has 2 rings (SSSR count). The van der Waals surface area contributed by atoms with Crippen LogP contribution in [0.4, 0.5) is 4.39 Å². The first-order valence-electron chi connectivity index (χ1n) is 5.14. The van der Waals surface area contributed by atoms with Gasteiger partial charge in [-0.05, 0) is 24.6 Å². The molecule has 0 fully saturated rings. The van der Waals surface area contributed by atoms with Crippen LogP contribution in [-0.4, -0.2) is 0 Å². The van der Waals surface area contributed by atoms with E-state index in [1.807, 2.05) is 37.3 Å². The quantitative estimate of drug-likeness (QED) is 0.757. The van der Waals surface area contributed by atoms with Gasteiger partial charge in [0.15, 0.2) is 0 Å². The van der Waals surface area contributed by atoms with Gasteiger partial charge in [-0.25, -0.2) is 4.39 Å². The fourth-order valence-corrected chi connectivity index (χ4v) is 1.47. The second-order valence-electron chi connectivity index (χ2n) is 3.54. The van der Waals surface area contributed by atoms with E-state index in [0.29, 0.717) is 5.75 Å². The van der Waals surface area contributed by atoms with Gasteiger partial charge in [-0.2, -0.15) is 0 Å². The van der Waals surface area contributed by atoms with Crippen molar-refractivity contribution in [3.05, 3.63) is 66.0 Å². The molecule has 81 valence electrons. The molecule has 0 aliphatic carbocycles. The SMILES string of the molecule is C[C@@H](Oc1[c]ccc(F)c1)c1ccccc1. The third kappa shape index (κ3) is 2.60. The molecule has 0 heterocycles. The predicted molar refractivity (Wildman–Crippen MR) is 60.7 cm³/mol. The number of benzene rings is 2. The van der Waals surface area contributed by atoms with Crippen molar-refractivity contribution in [1.82, 2.24) is 0 Å². The molecular weight excluding hydrogens is 203 g/mol. The van der Waals surface area contributed by atoms with Gasteiger partial charge >= 0.3 is 0 Å². The Balaban J connectivity index is 2.11. The summed E-state index contributed by atoms with van der Waals surface area (Å²) in [5.41, 5.74) is 1.06. The first kappa shape index (κ1) is 10.7. The maximum absolute atomic E-state index is 12.9. The topological polar surface area (TPSA) is 9.23 Å². The largest absolute Gasteiger partial charge is 0.485 e. The van der Waals surface area contributed by atoms with E-state index in [9.17, 15) is 4.39 Å². The average molecular weight is 215 g/mol. The molecule has 0 N–H and O–H groups in total. The van der Waals surface area contributed by atoms with E-state index in [-0.39, 0.29) is 11.9 Å². The lowest BCUT2D eigenvalue weighted by atomic mass is 10.1. The van der Waals surface area contributed by atoms with E-state index >= 15 is 0 Å². The van der Waals surface area contributed by atoms with Crippen LogP contribution >= 0.6 is 0 Å². The summed E-state index contributed by atoms with van der Waals surface area (Å²) < 4.78 is 18.5. The molecule has 0 amide bonds. The molecule has 0 saturated heterocycles. The highest BCUT2D eigenvalue weighted by Gasteiger charge is 2.06. The number of hydrogen-bond acceptors (Lipinski definition) is 1. The molecule has 0 spiro atoms. The number of hydrogen-bond donors (Lipinski definition) is 0. The number of halogens is 1. The summed E-state index contributed by atoms with van der Waals surface area (Å²) in [6.45, 7) is 1.92. The Morgan fingerprint density at radius 1 is 1.19 bits per heavy atom. The van der Waals surface area contributed by atoms with Crippen LogP contribution in [0.3, 0.4) is 0 Å². The van der Waals surface area contributed by atoms with Crippen molar-refractivity contribution >= 4 is 0 Å². The molecule has 2 heteroatoms. The Morgan fingerprint density at radius 2 is 1.94 bits per heavy atom. The summed E-state index contributed by atoms with van der Waals surface area (Å²) in [4.78, 5) is 0. The second-order valence-corrected chi connectivity index (χ2v) is 3.54. The highest BCUT2D eigenvalue weighted by Crippen LogP contribution is 2.21. The molecular formula is C14H12FO. The van der Waals surface area contributed by atoms with E-state index in [1.54, 1.807) is 0 Å². The Bertz CT molecular complexity index is 453. The van der Waals surface area contributed by atoms with E-state index in [0.717, 1.165) is 5.56 Å². The summed E-state index contributed by atoms with van der Waals surface area (Å²) in [5, 5.41) is 0. The third-order valence-corrected chi connectivity index (χ3v) is 2.31. The van der Waals surface area contributed by atoms with Gasteiger partial charge in [0.2, 0.25) is 0 Å². The summed E-state index contributed by atoms with van der Waals surface area (Å²) in [6, 6.07) is 16.8. The van der Waals surface area contributed by atoms with Crippen molar-refractivity contribution in [2.45, 2.75) is 13.0 Å². The minimum atomic E-state index is -0.311. The maximum atomic E-state index is 12.9. The first-order valence-corrected chi connectivity index (χ1v) is 5.14. The Morgan fingerprint density at radius 3 is 2.62 bits per heavy atom. The molecule has 0 aromatic heterocycles. The molecule has 2 aromatic rings. The van der Waals surface area contributed by atoms with Crippen molar-refractivity contribution in [3.63, 3.8) is 0 Å². The van der Waals surface area contributed by atoms with Gasteiger partial charge in [-0.15, -0.1) is 0 Å². The van der Waals surface area contributed by atoms with Crippen molar-refractivity contribution in [3.8, 4) is 5.75 Å². The van der Waals surface area contributed by atoms with Crippen LogP contribution in [0, 0.1) is 11.9 Å². The van der Waals surface area contributed by atoms with Crippen LogP contribution in [0.2, 0.25) is 0 Å². The molecule has 1 atom stereocenters. The van der Waals surface area contributed by atoms with Crippen LogP contribution in [0.15, 0.2) is 48.5 Å². The summed E-state index contributed by atoms with van der Waals surface area (Å²) in [5.74, 6) is 0.116. The fraction of sp³-hybridized carbons (Fsp3) is 0.143. The zero-order chi connectivity index (χ0) is 11.4. The normalized spacial score (nSPS) is 12.1. The van der Waals surface area contributed by atoms with E-state index < -0.39 is 0 Å². The Hall–Kier alpha value is -1.83. The molecule has 1 nitrogen and oxygen atoms in total. The third-order valence-electron chi connectivity index (χ3n) is 2.31. The molecule has 16 heavy (non-hydrogen) atoms. The van der Waals surface area contributed by atoms with Gasteiger partial charge < -0.3 is 4.74 Å². The molecule has 0 saturated carbocycles. The molecule has 0 unspecified atom stereocenters. The van der Waals surface area contributed by atoms with Crippen LogP contribution in [0.1, 0.15) is 18.6 Å². The maximum Gasteiger partial charge on any atom is 0.131 e. The average Bonchev–Trinajstić information content (AvgIpc) is 2.30. The minimum absolute atomic E-state index is 0.112. The lowest BCUT2D eigenvalue weighted by Gasteiger charge is -2.14.